The van der Waals surface area contributed by atoms with Gasteiger partial charge < -0.3 is 4.52 Å². The van der Waals surface area contributed by atoms with Crippen molar-refractivity contribution in [2.75, 3.05) is 0 Å². The highest BCUT2D eigenvalue weighted by Gasteiger charge is 2.14. The van der Waals surface area contributed by atoms with Gasteiger partial charge in [-0.05, 0) is 24.3 Å². The van der Waals surface area contributed by atoms with E-state index >= 15 is 0 Å². The third kappa shape index (κ3) is 2.27. The minimum Gasteiger partial charge on any atom is -0.336 e. The molecule has 1 aromatic heterocycles. The van der Waals surface area contributed by atoms with Gasteiger partial charge in [-0.15, -0.1) is 0 Å². The van der Waals surface area contributed by atoms with Crippen molar-refractivity contribution in [2.24, 2.45) is 0 Å². The Kier molecular flexibility index (Phi) is 2.88. The molecule has 0 atom stereocenters. The summed E-state index contributed by atoms with van der Waals surface area (Å²) in [6.07, 6.45) is 0. The van der Waals surface area contributed by atoms with Crippen molar-refractivity contribution in [3.63, 3.8) is 0 Å². The maximum atomic E-state index is 12.6. The number of alkyl halides is 2. The van der Waals surface area contributed by atoms with E-state index in [1.165, 1.54) is 12.1 Å². The van der Waals surface area contributed by atoms with Gasteiger partial charge in [-0.2, -0.15) is 4.98 Å². The number of nitrogens with zero attached hydrogens (tertiary/aromatic N) is 2. The van der Waals surface area contributed by atoms with Gasteiger partial charge in [-0.1, -0.05) is 28.4 Å². The predicted molar refractivity (Wildman–Crippen MR) is 54.1 cm³/mol. The highest BCUT2D eigenvalue weighted by Crippen LogP contribution is 2.25. The number of aromatic nitrogens is 2. The van der Waals surface area contributed by atoms with Gasteiger partial charge in [0.1, 0.15) is 5.82 Å². The number of hydrogen-bond acceptors (Lipinski definition) is 3. The molecule has 15 heavy (non-hydrogen) atoms. The molecule has 0 N–H and O–H groups in total. The van der Waals surface area contributed by atoms with Crippen LogP contribution < -0.4 is 0 Å². The van der Waals surface area contributed by atoms with E-state index in [1.54, 1.807) is 12.1 Å². The van der Waals surface area contributed by atoms with E-state index in [0.717, 1.165) is 0 Å². The van der Waals surface area contributed by atoms with Crippen LogP contribution in [0, 0.1) is 5.82 Å². The number of benzene rings is 1. The molecule has 2 aromatic rings. The fraction of sp³-hybridized carbons (Fsp3) is 0.111. The second kappa shape index (κ2) is 4.16. The molecule has 0 radical (unpaired) electrons. The fourth-order valence-corrected chi connectivity index (χ4v) is 1.22. The second-order valence-corrected chi connectivity index (χ2v) is 3.86. The molecule has 0 bridgehead atoms. The van der Waals surface area contributed by atoms with Crippen molar-refractivity contribution in [1.82, 2.24) is 10.1 Å². The quantitative estimate of drug-likeness (QED) is 0.764. The largest absolute Gasteiger partial charge is 0.336 e. The van der Waals surface area contributed by atoms with E-state index in [-0.39, 0.29) is 11.7 Å². The summed E-state index contributed by atoms with van der Waals surface area (Å²) in [4.78, 5) is 3.09. The molecule has 0 unspecified atom stereocenters. The highest BCUT2D eigenvalue weighted by atomic mass is 35.5. The number of halogens is 3. The summed E-state index contributed by atoms with van der Waals surface area (Å²) in [6.45, 7) is 0. The summed E-state index contributed by atoms with van der Waals surface area (Å²) >= 11 is 11.1. The molecule has 0 spiro atoms. The van der Waals surface area contributed by atoms with Crippen LogP contribution >= 0.6 is 23.2 Å². The lowest BCUT2D eigenvalue weighted by Crippen LogP contribution is -1.83. The molecule has 6 heteroatoms. The average molecular weight is 247 g/mol. The van der Waals surface area contributed by atoms with Gasteiger partial charge in [0.2, 0.25) is 5.82 Å². The lowest BCUT2D eigenvalue weighted by molar-refractivity contribution is 0.388. The van der Waals surface area contributed by atoms with Crippen LogP contribution in [0.25, 0.3) is 11.4 Å². The maximum Gasteiger partial charge on any atom is 0.260 e. The van der Waals surface area contributed by atoms with Crippen molar-refractivity contribution in [1.29, 1.82) is 0 Å². The van der Waals surface area contributed by atoms with E-state index in [0.29, 0.717) is 11.4 Å². The molecule has 0 aliphatic carbocycles. The molecule has 0 aliphatic rings. The van der Waals surface area contributed by atoms with Crippen molar-refractivity contribution in [2.45, 2.75) is 4.84 Å². The van der Waals surface area contributed by atoms with E-state index in [2.05, 4.69) is 10.1 Å². The maximum absolute atomic E-state index is 12.6. The number of hydrogen-bond donors (Lipinski definition) is 0. The van der Waals surface area contributed by atoms with E-state index < -0.39 is 4.84 Å². The van der Waals surface area contributed by atoms with Gasteiger partial charge in [0.05, 0.1) is 0 Å². The Morgan fingerprint density at radius 3 is 2.40 bits per heavy atom. The molecular formula is C9H5Cl2FN2O. The zero-order valence-electron chi connectivity index (χ0n) is 7.32. The van der Waals surface area contributed by atoms with Crippen LogP contribution in [0.4, 0.5) is 4.39 Å². The topological polar surface area (TPSA) is 38.9 Å². The molecule has 0 saturated heterocycles. The van der Waals surface area contributed by atoms with Crippen LogP contribution in [0.1, 0.15) is 10.7 Å². The lowest BCUT2D eigenvalue weighted by atomic mass is 10.2. The summed E-state index contributed by atoms with van der Waals surface area (Å²) in [5.74, 6) is 0.129. The predicted octanol–water partition coefficient (Wildman–Crippen LogP) is 3.35. The van der Waals surface area contributed by atoms with Crippen molar-refractivity contribution < 1.29 is 8.91 Å². The first-order chi connectivity index (χ1) is 7.16. The summed E-state index contributed by atoms with van der Waals surface area (Å²) < 4.78 is 17.4. The Morgan fingerprint density at radius 2 is 1.87 bits per heavy atom. The van der Waals surface area contributed by atoms with Crippen LogP contribution in [0.2, 0.25) is 0 Å². The molecule has 1 aromatic carbocycles. The van der Waals surface area contributed by atoms with Crippen molar-refractivity contribution >= 4 is 23.2 Å². The van der Waals surface area contributed by atoms with E-state index in [4.69, 9.17) is 27.7 Å². The summed E-state index contributed by atoms with van der Waals surface area (Å²) in [7, 11) is 0. The minimum absolute atomic E-state index is 0.123. The van der Waals surface area contributed by atoms with Crippen LogP contribution in [-0.4, -0.2) is 10.1 Å². The van der Waals surface area contributed by atoms with Crippen LogP contribution in [0.3, 0.4) is 0 Å². The molecule has 3 nitrogen and oxygen atoms in total. The van der Waals surface area contributed by atoms with Crippen LogP contribution in [0.15, 0.2) is 28.8 Å². The Labute approximate surface area is 94.8 Å². The first kappa shape index (κ1) is 10.4. The summed E-state index contributed by atoms with van der Waals surface area (Å²) in [5, 5.41) is 3.66. The zero-order valence-corrected chi connectivity index (χ0v) is 8.84. The first-order valence-electron chi connectivity index (χ1n) is 4.04. The van der Waals surface area contributed by atoms with Crippen molar-refractivity contribution in [3.8, 4) is 11.4 Å². The highest BCUT2D eigenvalue weighted by molar-refractivity contribution is 6.43. The molecule has 0 fully saturated rings. The van der Waals surface area contributed by atoms with Gasteiger partial charge in [-0.3, -0.25) is 0 Å². The molecule has 0 saturated carbocycles. The second-order valence-electron chi connectivity index (χ2n) is 2.76. The Morgan fingerprint density at radius 1 is 1.20 bits per heavy atom. The lowest BCUT2D eigenvalue weighted by Gasteiger charge is -1.92. The third-order valence-electron chi connectivity index (χ3n) is 1.73. The van der Waals surface area contributed by atoms with E-state index in [9.17, 15) is 4.39 Å². The monoisotopic (exact) mass is 246 g/mol. The van der Waals surface area contributed by atoms with E-state index in [1.807, 2.05) is 0 Å². The Hall–Kier alpha value is -1.13. The van der Waals surface area contributed by atoms with Gasteiger partial charge in [-0.25, -0.2) is 4.39 Å². The minimum atomic E-state index is -0.855. The van der Waals surface area contributed by atoms with Gasteiger partial charge in [0.25, 0.3) is 5.89 Å². The normalized spacial score (nSPS) is 10.9. The summed E-state index contributed by atoms with van der Waals surface area (Å²) in [5.41, 5.74) is 0.639. The van der Waals surface area contributed by atoms with Gasteiger partial charge >= 0.3 is 0 Å². The van der Waals surface area contributed by atoms with Crippen LogP contribution in [-0.2, 0) is 0 Å². The third-order valence-corrected chi connectivity index (χ3v) is 2.10. The molecule has 2 rings (SSSR count). The fourth-order valence-electron chi connectivity index (χ4n) is 1.04. The standard InChI is InChI=1S/C9H5Cl2FN2O/c10-7(11)9-13-8(14-15-9)5-1-3-6(12)4-2-5/h1-4,7H. The first-order valence-corrected chi connectivity index (χ1v) is 4.92. The summed E-state index contributed by atoms with van der Waals surface area (Å²) in [6, 6.07) is 5.71. The molecule has 1 heterocycles. The Bertz CT molecular complexity index is 455. The van der Waals surface area contributed by atoms with Gasteiger partial charge in [0.15, 0.2) is 4.84 Å². The van der Waals surface area contributed by atoms with Crippen LogP contribution in [0.5, 0.6) is 0 Å². The molecule has 0 aliphatic heterocycles. The smallest absolute Gasteiger partial charge is 0.260 e. The molecular weight excluding hydrogens is 242 g/mol. The average Bonchev–Trinajstić information content (AvgIpc) is 2.68. The zero-order chi connectivity index (χ0) is 10.8. The van der Waals surface area contributed by atoms with Crippen molar-refractivity contribution in [3.05, 3.63) is 36.0 Å². The SMILES string of the molecule is Fc1ccc(-c2noc(C(Cl)Cl)n2)cc1. The molecule has 0 amide bonds. The van der Waals surface area contributed by atoms with Gasteiger partial charge in [0, 0.05) is 5.56 Å². The molecule has 78 valence electrons. The number of rotatable bonds is 2. The Balaban J connectivity index is 2.33.